The average Bonchev–Trinajstić information content (AvgIpc) is 2.53. The van der Waals surface area contributed by atoms with Crippen molar-refractivity contribution in [2.24, 2.45) is 0 Å². The number of aryl methyl sites for hydroxylation is 1. The molecule has 2 aromatic carbocycles. The van der Waals surface area contributed by atoms with E-state index in [1.165, 1.54) is 0 Å². The molecule has 0 saturated carbocycles. The maximum atomic E-state index is 11.9. The van der Waals surface area contributed by atoms with E-state index in [-0.39, 0.29) is 43.4 Å². The summed E-state index contributed by atoms with van der Waals surface area (Å²) in [7, 11) is 0. The third-order valence-electron chi connectivity index (χ3n) is 2.85. The number of anilines is 1. The van der Waals surface area contributed by atoms with Crippen molar-refractivity contribution in [3.05, 3.63) is 54.9 Å². The van der Waals surface area contributed by atoms with E-state index in [0.717, 1.165) is 5.56 Å². The Morgan fingerprint density at radius 2 is 1.39 bits per heavy atom. The first-order valence-electron chi connectivity index (χ1n) is 6.32. The predicted molar refractivity (Wildman–Crippen MR) is 96.8 cm³/mol. The number of hydrogen-bond donors (Lipinski definition) is 1. The molecule has 0 aliphatic rings. The highest BCUT2D eigenvalue weighted by Gasteiger charge is 2.21. The van der Waals surface area contributed by atoms with Gasteiger partial charge in [-0.3, -0.25) is 4.79 Å². The van der Waals surface area contributed by atoms with Gasteiger partial charge in [-0.05, 0) is 19.1 Å². The zero-order chi connectivity index (χ0) is 17.1. The molecule has 8 heteroatoms. The Morgan fingerprint density at radius 3 is 1.91 bits per heavy atom. The van der Waals surface area contributed by atoms with Crippen LogP contribution in [0.3, 0.4) is 0 Å². The van der Waals surface area contributed by atoms with Gasteiger partial charge in [0.1, 0.15) is 10.0 Å². The van der Waals surface area contributed by atoms with Crippen molar-refractivity contribution in [1.29, 1.82) is 0 Å². The van der Waals surface area contributed by atoms with Crippen LogP contribution in [0.4, 0.5) is 5.69 Å². The minimum absolute atomic E-state index is 0.00537. The molecule has 0 atom stereocenters. The monoisotopic (exact) mass is 411 g/mol. The number of amides is 1. The lowest BCUT2D eigenvalue weighted by molar-refractivity contribution is -0.118. The molecule has 0 bridgehead atoms. The lowest BCUT2D eigenvalue weighted by Gasteiger charge is -2.13. The summed E-state index contributed by atoms with van der Waals surface area (Å²) in [6.45, 7) is 1.63. The summed E-state index contributed by atoms with van der Waals surface area (Å²) < 4.78 is 5.34. The highest BCUT2D eigenvalue weighted by Crippen LogP contribution is 2.48. The van der Waals surface area contributed by atoms with E-state index in [9.17, 15) is 4.79 Å². The molecule has 0 aliphatic heterocycles. The summed E-state index contributed by atoms with van der Waals surface area (Å²) in [6, 6.07) is 7.32. The molecule has 0 unspecified atom stereocenters. The van der Waals surface area contributed by atoms with Gasteiger partial charge in [-0.2, -0.15) is 0 Å². The molecule has 0 radical (unpaired) electrons. The summed E-state index contributed by atoms with van der Waals surface area (Å²) in [5.74, 6) is -0.380. The van der Waals surface area contributed by atoms with Gasteiger partial charge in [0.2, 0.25) is 0 Å². The van der Waals surface area contributed by atoms with Crippen molar-refractivity contribution < 1.29 is 9.53 Å². The molecule has 0 aliphatic carbocycles. The van der Waals surface area contributed by atoms with Crippen LogP contribution in [0.15, 0.2) is 24.3 Å². The smallest absolute Gasteiger partial charge is 0.262 e. The van der Waals surface area contributed by atoms with Crippen LogP contribution in [0.25, 0.3) is 0 Å². The molecule has 1 N–H and O–H groups in total. The van der Waals surface area contributed by atoms with Crippen LogP contribution < -0.4 is 10.1 Å². The van der Waals surface area contributed by atoms with E-state index in [1.54, 1.807) is 12.1 Å². The Kier molecular flexibility index (Phi) is 6.29. The van der Waals surface area contributed by atoms with E-state index < -0.39 is 0 Å². The maximum absolute atomic E-state index is 11.9. The van der Waals surface area contributed by atoms with Crippen molar-refractivity contribution in [1.82, 2.24) is 0 Å². The molecule has 122 valence electrons. The Balaban J connectivity index is 2.09. The molecular formula is C15H10Cl5NO2. The summed E-state index contributed by atoms with van der Waals surface area (Å²) in [4.78, 5) is 11.9. The zero-order valence-corrected chi connectivity index (χ0v) is 15.5. The third kappa shape index (κ3) is 4.37. The van der Waals surface area contributed by atoms with Crippen molar-refractivity contribution in [2.75, 3.05) is 11.9 Å². The van der Waals surface area contributed by atoms with Crippen LogP contribution in [-0.2, 0) is 4.79 Å². The number of hydrogen-bond acceptors (Lipinski definition) is 2. The molecule has 3 nitrogen and oxygen atoms in total. The highest BCUT2D eigenvalue weighted by molar-refractivity contribution is 6.55. The van der Waals surface area contributed by atoms with Gasteiger partial charge < -0.3 is 10.1 Å². The van der Waals surface area contributed by atoms with Crippen molar-refractivity contribution in [2.45, 2.75) is 6.92 Å². The van der Waals surface area contributed by atoms with Crippen LogP contribution >= 0.6 is 58.0 Å². The van der Waals surface area contributed by atoms with Crippen molar-refractivity contribution in [3.8, 4) is 5.75 Å². The second-order valence-electron chi connectivity index (χ2n) is 4.60. The highest BCUT2D eigenvalue weighted by atomic mass is 35.5. The fraction of sp³-hybridized carbons (Fsp3) is 0.133. The molecule has 0 fully saturated rings. The Hall–Kier alpha value is -0.840. The number of ether oxygens (including phenoxy) is 1. The molecule has 2 rings (SSSR count). The first-order chi connectivity index (χ1) is 10.8. The summed E-state index contributed by atoms with van der Waals surface area (Å²) in [6.07, 6.45) is 0. The Labute approximate surface area is 158 Å². The molecular weight excluding hydrogens is 403 g/mol. The van der Waals surface area contributed by atoms with Crippen LogP contribution in [0.2, 0.25) is 25.1 Å². The normalized spacial score (nSPS) is 10.5. The summed E-state index contributed by atoms with van der Waals surface area (Å²) >= 11 is 29.8. The van der Waals surface area contributed by atoms with E-state index in [4.69, 9.17) is 62.7 Å². The Morgan fingerprint density at radius 1 is 0.913 bits per heavy atom. The summed E-state index contributed by atoms with van der Waals surface area (Å²) in [5, 5.41) is 2.72. The lowest BCUT2D eigenvalue weighted by Crippen LogP contribution is -2.20. The number of carbonyl (C=O) groups is 1. The van der Waals surface area contributed by atoms with Crippen LogP contribution in [0.5, 0.6) is 5.75 Å². The van der Waals surface area contributed by atoms with Crippen LogP contribution in [0, 0.1) is 6.92 Å². The fourth-order valence-electron chi connectivity index (χ4n) is 1.68. The third-order valence-corrected chi connectivity index (χ3v) is 5.09. The first kappa shape index (κ1) is 18.5. The maximum Gasteiger partial charge on any atom is 0.262 e. The molecule has 1 amide bonds. The van der Waals surface area contributed by atoms with E-state index >= 15 is 0 Å². The van der Waals surface area contributed by atoms with Gasteiger partial charge in [0.25, 0.3) is 5.91 Å². The molecule has 0 spiro atoms. The SMILES string of the molecule is Cc1ccc(NC(=O)COc2c(Cl)c(Cl)c(Cl)c(Cl)c2Cl)cc1. The number of benzene rings is 2. The van der Waals surface area contributed by atoms with Gasteiger partial charge >= 0.3 is 0 Å². The molecule has 2 aromatic rings. The number of rotatable bonds is 4. The van der Waals surface area contributed by atoms with Crippen molar-refractivity contribution in [3.63, 3.8) is 0 Å². The first-order valence-corrected chi connectivity index (χ1v) is 8.21. The summed E-state index contributed by atoms with van der Waals surface area (Å²) in [5.41, 5.74) is 1.73. The Bertz CT molecular complexity index is 718. The van der Waals surface area contributed by atoms with Crippen LogP contribution in [0.1, 0.15) is 5.56 Å². The minimum atomic E-state index is -0.386. The zero-order valence-electron chi connectivity index (χ0n) is 11.7. The molecule has 0 heterocycles. The number of halogens is 5. The number of nitrogens with one attached hydrogen (secondary N) is 1. The quantitative estimate of drug-likeness (QED) is 0.473. The predicted octanol–water partition coefficient (Wildman–Crippen LogP) is 6.28. The second kappa shape index (κ2) is 7.82. The number of carbonyl (C=O) groups excluding carboxylic acids is 1. The van der Waals surface area contributed by atoms with E-state index in [0.29, 0.717) is 5.69 Å². The minimum Gasteiger partial charge on any atom is -0.481 e. The topological polar surface area (TPSA) is 38.3 Å². The fourth-order valence-corrected chi connectivity index (χ4v) is 2.91. The standard InChI is InChI=1S/C15H10Cl5NO2/c1-7-2-4-8(5-3-7)21-9(22)6-23-15-13(19)11(17)10(16)12(18)14(15)20/h2-5H,6H2,1H3,(H,21,22). The van der Waals surface area contributed by atoms with E-state index in [1.807, 2.05) is 19.1 Å². The van der Waals surface area contributed by atoms with Gasteiger partial charge in [0.15, 0.2) is 12.4 Å². The van der Waals surface area contributed by atoms with Gasteiger partial charge in [-0.25, -0.2) is 0 Å². The lowest BCUT2D eigenvalue weighted by atomic mass is 10.2. The van der Waals surface area contributed by atoms with Gasteiger partial charge in [0.05, 0.1) is 15.1 Å². The largest absolute Gasteiger partial charge is 0.481 e. The van der Waals surface area contributed by atoms with E-state index in [2.05, 4.69) is 5.32 Å². The second-order valence-corrected chi connectivity index (χ2v) is 6.49. The van der Waals surface area contributed by atoms with Crippen molar-refractivity contribution >= 4 is 69.6 Å². The van der Waals surface area contributed by atoms with Gasteiger partial charge in [0, 0.05) is 5.69 Å². The van der Waals surface area contributed by atoms with Gasteiger partial charge in [-0.15, -0.1) is 0 Å². The average molecular weight is 414 g/mol. The van der Waals surface area contributed by atoms with Crippen LogP contribution in [-0.4, -0.2) is 12.5 Å². The molecule has 0 aromatic heterocycles. The van der Waals surface area contributed by atoms with Gasteiger partial charge in [-0.1, -0.05) is 75.7 Å². The molecule has 0 saturated heterocycles. The molecule has 23 heavy (non-hydrogen) atoms.